The molecule has 0 spiro atoms. The molecule has 1 saturated heterocycles. The van der Waals surface area contributed by atoms with E-state index in [1.165, 1.54) is 6.20 Å². The van der Waals surface area contributed by atoms with Crippen molar-refractivity contribution in [2.45, 2.75) is 38.8 Å². The minimum Gasteiger partial charge on any atom is -0.488 e. The van der Waals surface area contributed by atoms with E-state index in [0.29, 0.717) is 67.6 Å². The molecule has 4 heterocycles. The summed E-state index contributed by atoms with van der Waals surface area (Å²) in [6.07, 6.45) is 5.31. The highest BCUT2D eigenvalue weighted by atomic mass is 19.1. The molecule has 0 unspecified atom stereocenters. The summed E-state index contributed by atoms with van der Waals surface area (Å²) in [6.45, 7) is 5.34. The molecule has 2 aromatic heterocycles. The van der Waals surface area contributed by atoms with Crippen LogP contribution in [0.15, 0.2) is 24.5 Å². The molecule has 2 aliphatic rings. The number of nitrogens with zero attached hydrogens (tertiary/aromatic N) is 4. The van der Waals surface area contributed by atoms with E-state index in [1.807, 2.05) is 17.9 Å². The number of rotatable bonds is 4. The van der Waals surface area contributed by atoms with Crippen LogP contribution in [0.1, 0.15) is 53.0 Å². The first-order chi connectivity index (χ1) is 14.4. The lowest BCUT2D eigenvalue weighted by molar-refractivity contribution is 0.0503. The summed E-state index contributed by atoms with van der Waals surface area (Å²) in [4.78, 5) is 36.5. The van der Waals surface area contributed by atoms with Crippen molar-refractivity contribution in [3.8, 4) is 5.75 Å². The van der Waals surface area contributed by atoms with Gasteiger partial charge >= 0.3 is 0 Å². The first kappa shape index (κ1) is 20.3. The van der Waals surface area contributed by atoms with Crippen molar-refractivity contribution < 1.29 is 18.7 Å². The predicted octanol–water partition coefficient (Wildman–Crippen LogP) is 3.35. The summed E-state index contributed by atoms with van der Waals surface area (Å²) in [5.74, 6) is 1.62. The number of ether oxygens (including phenoxy) is 1. The standard InChI is InChI=1S/C22H25FN4O3/c1-3-15-11-19(24-13-17(15)14-28)27-8-9-30-18-10-16(12-25-20(18)27)21(29)26-6-4-22(2,23)5-7-26/h10-14H,3-9H2,1-2H3. The lowest BCUT2D eigenvalue weighted by Crippen LogP contribution is -2.43. The van der Waals surface area contributed by atoms with Gasteiger partial charge in [-0.1, -0.05) is 6.92 Å². The maximum atomic E-state index is 14.0. The van der Waals surface area contributed by atoms with Crippen molar-refractivity contribution in [1.29, 1.82) is 0 Å². The zero-order valence-corrected chi connectivity index (χ0v) is 17.2. The minimum atomic E-state index is -1.21. The molecule has 0 atom stereocenters. The number of fused-ring (bicyclic) bond motifs is 1. The predicted molar refractivity (Wildman–Crippen MR) is 110 cm³/mol. The number of aldehydes is 1. The topological polar surface area (TPSA) is 75.6 Å². The van der Waals surface area contributed by atoms with E-state index >= 15 is 0 Å². The van der Waals surface area contributed by atoms with Crippen LogP contribution in [0, 0.1) is 0 Å². The SMILES string of the molecule is CCc1cc(N2CCOc3cc(C(=O)N4CCC(C)(F)CC4)cnc32)ncc1C=O. The van der Waals surface area contributed by atoms with Crippen LogP contribution in [0.3, 0.4) is 0 Å². The highest BCUT2D eigenvalue weighted by Crippen LogP contribution is 2.35. The van der Waals surface area contributed by atoms with Gasteiger partial charge in [0.05, 0.1) is 12.1 Å². The molecular formula is C22H25FN4O3. The van der Waals surface area contributed by atoms with Crippen LogP contribution >= 0.6 is 0 Å². The molecule has 158 valence electrons. The third-order valence-electron chi connectivity index (χ3n) is 5.80. The molecule has 7 nitrogen and oxygen atoms in total. The van der Waals surface area contributed by atoms with E-state index < -0.39 is 5.67 Å². The van der Waals surface area contributed by atoms with E-state index in [0.717, 1.165) is 18.3 Å². The number of aromatic nitrogens is 2. The average Bonchev–Trinajstić information content (AvgIpc) is 2.77. The Labute approximate surface area is 174 Å². The molecule has 30 heavy (non-hydrogen) atoms. The van der Waals surface area contributed by atoms with Gasteiger partial charge in [0.1, 0.15) is 18.1 Å². The Morgan fingerprint density at radius 3 is 2.70 bits per heavy atom. The molecule has 1 fully saturated rings. The Hall–Kier alpha value is -3.03. The van der Waals surface area contributed by atoms with Crippen LogP contribution in [0.4, 0.5) is 16.0 Å². The smallest absolute Gasteiger partial charge is 0.255 e. The van der Waals surface area contributed by atoms with Crippen molar-refractivity contribution in [3.05, 3.63) is 41.2 Å². The number of anilines is 2. The first-order valence-corrected chi connectivity index (χ1v) is 10.2. The Balaban J connectivity index is 1.59. The third kappa shape index (κ3) is 3.86. The summed E-state index contributed by atoms with van der Waals surface area (Å²) in [5.41, 5.74) is 0.712. The molecule has 0 aromatic carbocycles. The van der Waals surface area contributed by atoms with Gasteiger partial charge in [-0.25, -0.2) is 14.4 Å². The number of halogens is 1. The molecule has 0 saturated carbocycles. The number of likely N-dealkylation sites (tertiary alicyclic amines) is 1. The highest BCUT2D eigenvalue weighted by Gasteiger charge is 2.32. The molecule has 1 amide bonds. The zero-order chi connectivity index (χ0) is 21.3. The van der Waals surface area contributed by atoms with Gasteiger partial charge in [-0.05, 0) is 43.9 Å². The van der Waals surface area contributed by atoms with Crippen molar-refractivity contribution in [1.82, 2.24) is 14.9 Å². The molecule has 0 N–H and O–H groups in total. The number of piperidine rings is 1. The Morgan fingerprint density at radius 2 is 2.00 bits per heavy atom. The molecule has 2 aliphatic heterocycles. The van der Waals surface area contributed by atoms with Crippen molar-refractivity contribution in [2.75, 3.05) is 31.1 Å². The fourth-order valence-electron chi connectivity index (χ4n) is 3.85. The monoisotopic (exact) mass is 412 g/mol. The number of carbonyl (C=O) groups excluding carboxylic acids is 2. The average molecular weight is 412 g/mol. The maximum Gasteiger partial charge on any atom is 0.255 e. The van der Waals surface area contributed by atoms with Crippen LogP contribution in [-0.2, 0) is 6.42 Å². The molecule has 0 radical (unpaired) electrons. The van der Waals surface area contributed by atoms with Crippen molar-refractivity contribution in [3.63, 3.8) is 0 Å². The molecule has 4 rings (SSSR count). The largest absolute Gasteiger partial charge is 0.488 e. The Morgan fingerprint density at radius 1 is 1.23 bits per heavy atom. The van der Waals surface area contributed by atoms with Crippen molar-refractivity contribution >= 4 is 23.8 Å². The third-order valence-corrected chi connectivity index (χ3v) is 5.80. The van der Waals surface area contributed by atoms with Crippen LogP contribution in [0.25, 0.3) is 0 Å². The summed E-state index contributed by atoms with van der Waals surface area (Å²) >= 11 is 0. The normalized spacial score (nSPS) is 17.8. The van der Waals surface area contributed by atoms with Gasteiger partial charge in [-0.15, -0.1) is 0 Å². The fourth-order valence-corrected chi connectivity index (χ4v) is 3.85. The van der Waals surface area contributed by atoms with Gasteiger partial charge in [0.15, 0.2) is 17.9 Å². The fraction of sp³-hybridized carbons (Fsp3) is 0.455. The molecule has 0 bridgehead atoms. The lowest BCUT2D eigenvalue weighted by atomic mass is 9.95. The van der Waals surface area contributed by atoms with Crippen LogP contribution in [-0.4, -0.2) is 59.0 Å². The maximum absolute atomic E-state index is 14.0. The first-order valence-electron chi connectivity index (χ1n) is 10.2. The van der Waals surface area contributed by atoms with E-state index in [2.05, 4.69) is 9.97 Å². The van der Waals surface area contributed by atoms with Crippen LogP contribution < -0.4 is 9.64 Å². The van der Waals surface area contributed by atoms with Crippen molar-refractivity contribution in [2.24, 2.45) is 0 Å². The molecule has 8 heteroatoms. The van der Waals surface area contributed by atoms with Gasteiger partial charge in [0.25, 0.3) is 5.91 Å². The van der Waals surface area contributed by atoms with Crippen LogP contribution in [0.5, 0.6) is 5.75 Å². The van der Waals surface area contributed by atoms with E-state index in [9.17, 15) is 14.0 Å². The molecule has 2 aromatic rings. The quantitative estimate of drug-likeness (QED) is 0.717. The van der Waals surface area contributed by atoms with Gasteiger partial charge < -0.3 is 14.5 Å². The second kappa shape index (κ2) is 8.01. The van der Waals surface area contributed by atoms with Gasteiger partial charge in [-0.3, -0.25) is 9.59 Å². The van der Waals surface area contributed by atoms with Gasteiger partial charge in [-0.2, -0.15) is 0 Å². The van der Waals surface area contributed by atoms with E-state index in [1.54, 1.807) is 24.1 Å². The van der Waals surface area contributed by atoms with Crippen LogP contribution in [0.2, 0.25) is 0 Å². The van der Waals surface area contributed by atoms with Gasteiger partial charge in [0, 0.05) is 31.0 Å². The number of alkyl halides is 1. The summed E-state index contributed by atoms with van der Waals surface area (Å²) < 4.78 is 19.8. The second-order valence-electron chi connectivity index (χ2n) is 7.96. The highest BCUT2D eigenvalue weighted by molar-refractivity contribution is 5.95. The number of carbonyl (C=O) groups is 2. The molecule has 0 aliphatic carbocycles. The summed E-state index contributed by atoms with van der Waals surface area (Å²) in [7, 11) is 0. The molecular weight excluding hydrogens is 387 g/mol. The zero-order valence-electron chi connectivity index (χ0n) is 17.2. The van der Waals surface area contributed by atoms with E-state index in [4.69, 9.17) is 4.74 Å². The number of hydrogen-bond donors (Lipinski definition) is 0. The summed E-state index contributed by atoms with van der Waals surface area (Å²) in [6, 6.07) is 3.59. The summed E-state index contributed by atoms with van der Waals surface area (Å²) in [5, 5.41) is 0. The van der Waals surface area contributed by atoms with E-state index in [-0.39, 0.29) is 5.91 Å². The lowest BCUT2D eigenvalue weighted by Gasteiger charge is -2.34. The number of pyridine rings is 2. The Kier molecular flexibility index (Phi) is 5.40. The second-order valence-corrected chi connectivity index (χ2v) is 7.96. The van der Waals surface area contributed by atoms with Gasteiger partial charge in [0.2, 0.25) is 0 Å². The number of aryl methyl sites for hydroxylation is 1. The Bertz CT molecular complexity index is 969. The minimum absolute atomic E-state index is 0.164. The number of amides is 1. The number of hydrogen-bond acceptors (Lipinski definition) is 6.